The molecule has 0 radical (unpaired) electrons. The van der Waals surface area contributed by atoms with Crippen LogP contribution in [0.3, 0.4) is 0 Å². The lowest BCUT2D eigenvalue weighted by Crippen LogP contribution is -2.19. The molecule has 16 heavy (non-hydrogen) atoms. The lowest BCUT2D eigenvalue weighted by Gasteiger charge is -2.25. The minimum atomic E-state index is 0.677. The van der Waals surface area contributed by atoms with Crippen molar-refractivity contribution in [2.24, 2.45) is 5.92 Å². The van der Waals surface area contributed by atoms with Crippen LogP contribution >= 0.6 is 0 Å². The van der Waals surface area contributed by atoms with Gasteiger partial charge in [-0.1, -0.05) is 32.4 Å². The van der Waals surface area contributed by atoms with Gasteiger partial charge in [-0.2, -0.15) is 0 Å². The van der Waals surface area contributed by atoms with Crippen LogP contribution < -0.4 is 4.74 Å². The first-order valence-corrected chi connectivity index (χ1v) is 6.06. The van der Waals surface area contributed by atoms with Crippen LogP contribution in [-0.2, 0) is 0 Å². The van der Waals surface area contributed by atoms with Crippen LogP contribution in [0.15, 0.2) is 24.3 Å². The Morgan fingerprint density at radius 2 is 2.12 bits per heavy atom. The predicted molar refractivity (Wildman–Crippen MR) is 66.0 cm³/mol. The van der Waals surface area contributed by atoms with Crippen LogP contribution in [0.4, 0.5) is 0 Å². The monoisotopic (exact) mass is 220 g/mol. The first-order valence-electron chi connectivity index (χ1n) is 6.06. The molecule has 1 aromatic rings. The van der Waals surface area contributed by atoms with E-state index in [-0.39, 0.29) is 0 Å². The molecule has 0 aromatic heterocycles. The molecule has 0 unspecified atom stereocenters. The molecule has 2 nitrogen and oxygen atoms in total. The third-order valence-corrected chi connectivity index (χ3v) is 2.70. The van der Waals surface area contributed by atoms with Gasteiger partial charge in [0.25, 0.3) is 0 Å². The van der Waals surface area contributed by atoms with Crippen molar-refractivity contribution in [3.05, 3.63) is 29.8 Å². The molecular formula is C14H20O2. The summed E-state index contributed by atoms with van der Waals surface area (Å²) < 4.78 is 5.59. The number of aldehydes is 1. The van der Waals surface area contributed by atoms with E-state index in [4.69, 9.17) is 4.74 Å². The van der Waals surface area contributed by atoms with Crippen LogP contribution in [0.25, 0.3) is 0 Å². The highest BCUT2D eigenvalue weighted by Gasteiger charge is 2.17. The summed E-state index contributed by atoms with van der Waals surface area (Å²) in [7, 11) is 0. The first-order chi connectivity index (χ1) is 7.88. The summed E-state index contributed by atoms with van der Waals surface area (Å²) in [5.74, 6) is 1.54. The Morgan fingerprint density at radius 1 is 1.38 bits per heavy atom. The van der Waals surface area contributed by atoms with Gasteiger partial charge in [0, 0.05) is 5.56 Å². The molecule has 1 aliphatic rings. The van der Waals surface area contributed by atoms with Gasteiger partial charge < -0.3 is 4.74 Å². The second-order valence-corrected chi connectivity index (χ2v) is 3.80. The van der Waals surface area contributed by atoms with Crippen molar-refractivity contribution in [1.82, 2.24) is 0 Å². The maximum Gasteiger partial charge on any atom is 0.150 e. The fourth-order valence-electron chi connectivity index (χ4n) is 1.55. The van der Waals surface area contributed by atoms with E-state index in [9.17, 15) is 4.79 Å². The van der Waals surface area contributed by atoms with Gasteiger partial charge in [0.05, 0.1) is 6.61 Å². The first kappa shape index (κ1) is 12.8. The summed E-state index contributed by atoms with van der Waals surface area (Å²) >= 11 is 0. The summed E-state index contributed by atoms with van der Waals surface area (Å²) in [4.78, 5) is 10.5. The summed E-state index contributed by atoms with van der Waals surface area (Å²) in [5, 5.41) is 0. The van der Waals surface area contributed by atoms with E-state index < -0.39 is 0 Å². The lowest BCUT2D eigenvalue weighted by atomic mass is 9.86. The Hall–Kier alpha value is -1.31. The van der Waals surface area contributed by atoms with E-state index in [0.29, 0.717) is 5.56 Å². The summed E-state index contributed by atoms with van der Waals surface area (Å²) in [6, 6.07) is 7.31. The van der Waals surface area contributed by atoms with Gasteiger partial charge in [-0.3, -0.25) is 4.79 Å². The van der Waals surface area contributed by atoms with Gasteiger partial charge in [0.2, 0.25) is 0 Å². The number of carbonyl (C=O) groups is 1. The van der Waals surface area contributed by atoms with Crippen LogP contribution in [0, 0.1) is 5.92 Å². The van der Waals surface area contributed by atoms with Crippen molar-refractivity contribution in [2.75, 3.05) is 6.61 Å². The second-order valence-electron chi connectivity index (χ2n) is 3.80. The molecule has 0 aliphatic heterocycles. The summed E-state index contributed by atoms with van der Waals surface area (Å²) in [6.45, 7) is 4.79. The minimum absolute atomic E-state index is 0.677. The Balaban J connectivity index is 0.000000606. The molecule has 1 saturated carbocycles. The Morgan fingerprint density at radius 3 is 2.69 bits per heavy atom. The molecule has 0 bridgehead atoms. The maximum absolute atomic E-state index is 10.5. The molecule has 88 valence electrons. The largest absolute Gasteiger partial charge is 0.493 e. The van der Waals surface area contributed by atoms with E-state index in [1.165, 1.54) is 19.3 Å². The summed E-state index contributed by atoms with van der Waals surface area (Å²) in [5.41, 5.74) is 0.677. The van der Waals surface area contributed by atoms with Crippen LogP contribution in [0.5, 0.6) is 5.75 Å². The SMILES string of the molecule is CC.O=Cc1cccc(OCC2CCC2)c1. The lowest BCUT2D eigenvalue weighted by molar-refractivity contribution is 0.112. The minimum Gasteiger partial charge on any atom is -0.493 e. The van der Waals surface area contributed by atoms with Crippen molar-refractivity contribution in [3.63, 3.8) is 0 Å². The molecule has 0 saturated heterocycles. The fourth-order valence-corrected chi connectivity index (χ4v) is 1.55. The van der Waals surface area contributed by atoms with Crippen molar-refractivity contribution >= 4 is 6.29 Å². The van der Waals surface area contributed by atoms with E-state index in [0.717, 1.165) is 24.6 Å². The van der Waals surface area contributed by atoms with Crippen molar-refractivity contribution in [3.8, 4) is 5.75 Å². The van der Waals surface area contributed by atoms with E-state index in [1.807, 2.05) is 26.0 Å². The van der Waals surface area contributed by atoms with Crippen LogP contribution in [0.1, 0.15) is 43.5 Å². The zero-order chi connectivity index (χ0) is 11.8. The molecule has 1 fully saturated rings. The summed E-state index contributed by atoms with van der Waals surface area (Å²) in [6.07, 6.45) is 4.75. The predicted octanol–water partition coefficient (Wildman–Crippen LogP) is 3.70. The van der Waals surface area contributed by atoms with Crippen LogP contribution in [0.2, 0.25) is 0 Å². The van der Waals surface area contributed by atoms with E-state index >= 15 is 0 Å². The van der Waals surface area contributed by atoms with Gasteiger partial charge >= 0.3 is 0 Å². The van der Waals surface area contributed by atoms with Gasteiger partial charge in [0.1, 0.15) is 12.0 Å². The average molecular weight is 220 g/mol. The number of hydrogen-bond acceptors (Lipinski definition) is 2. The Labute approximate surface area is 97.6 Å². The molecule has 0 N–H and O–H groups in total. The van der Waals surface area contributed by atoms with Crippen molar-refractivity contribution in [2.45, 2.75) is 33.1 Å². The van der Waals surface area contributed by atoms with Gasteiger partial charge in [-0.25, -0.2) is 0 Å². The van der Waals surface area contributed by atoms with Gasteiger partial charge in [-0.05, 0) is 30.9 Å². The molecule has 0 atom stereocenters. The van der Waals surface area contributed by atoms with Crippen molar-refractivity contribution in [1.29, 1.82) is 0 Å². The zero-order valence-corrected chi connectivity index (χ0v) is 10.1. The van der Waals surface area contributed by atoms with Gasteiger partial charge in [0.15, 0.2) is 0 Å². The molecule has 2 heteroatoms. The highest BCUT2D eigenvalue weighted by atomic mass is 16.5. The Kier molecular flexibility index (Phi) is 5.62. The van der Waals surface area contributed by atoms with Crippen molar-refractivity contribution < 1.29 is 9.53 Å². The average Bonchev–Trinajstić information content (AvgIpc) is 2.30. The molecule has 1 aliphatic carbocycles. The smallest absolute Gasteiger partial charge is 0.150 e. The third-order valence-electron chi connectivity index (χ3n) is 2.70. The third kappa shape index (κ3) is 3.69. The number of benzene rings is 1. The zero-order valence-electron chi connectivity index (χ0n) is 10.1. The quantitative estimate of drug-likeness (QED) is 0.723. The fraction of sp³-hybridized carbons (Fsp3) is 0.500. The molecule has 0 amide bonds. The normalized spacial score (nSPS) is 14.4. The highest BCUT2D eigenvalue weighted by molar-refractivity contribution is 5.75. The molecule has 0 heterocycles. The topological polar surface area (TPSA) is 26.3 Å². The maximum atomic E-state index is 10.5. The molecule has 2 rings (SSSR count). The number of carbonyl (C=O) groups excluding carboxylic acids is 1. The van der Waals surface area contributed by atoms with Gasteiger partial charge in [-0.15, -0.1) is 0 Å². The highest BCUT2D eigenvalue weighted by Crippen LogP contribution is 2.27. The Bertz CT molecular complexity index is 316. The molecule has 0 spiro atoms. The molecular weight excluding hydrogens is 200 g/mol. The second kappa shape index (κ2) is 7.04. The van der Waals surface area contributed by atoms with E-state index in [2.05, 4.69) is 0 Å². The van der Waals surface area contributed by atoms with Crippen LogP contribution in [-0.4, -0.2) is 12.9 Å². The van der Waals surface area contributed by atoms with E-state index in [1.54, 1.807) is 12.1 Å². The molecule has 1 aromatic carbocycles. The number of ether oxygens (including phenoxy) is 1. The number of rotatable bonds is 4. The standard InChI is InChI=1S/C12H14O2.C2H6/c13-8-11-5-2-6-12(7-11)14-9-10-3-1-4-10;1-2/h2,5-8,10H,1,3-4,9H2;1-2H3. The number of hydrogen-bond donors (Lipinski definition) is 0.